The molecule has 0 atom stereocenters. The molecule has 0 aromatic carbocycles. The summed E-state index contributed by atoms with van der Waals surface area (Å²) >= 11 is 0.866. The topological polar surface area (TPSA) is 111 Å². The average molecular weight is 226 g/mol. The average Bonchev–Trinajstić information content (AvgIpc) is 2.59. The Balaban J connectivity index is 2.89. The molecule has 15 heavy (non-hydrogen) atoms. The van der Waals surface area contributed by atoms with Gasteiger partial charge in [-0.25, -0.2) is 4.79 Å². The minimum Gasteiger partial charge on any atom is -0.476 e. The molecule has 0 saturated heterocycles. The lowest BCUT2D eigenvalue weighted by atomic mass is 10.4. The van der Waals surface area contributed by atoms with Crippen molar-refractivity contribution in [2.45, 2.75) is 0 Å². The number of hydrogen-bond donors (Lipinski definition) is 2. The Morgan fingerprint density at radius 2 is 2.53 bits per heavy atom. The summed E-state index contributed by atoms with van der Waals surface area (Å²) in [6.07, 6.45) is 4.89. The first-order chi connectivity index (χ1) is 7.15. The van der Waals surface area contributed by atoms with Crippen molar-refractivity contribution in [1.29, 1.82) is 0 Å². The van der Waals surface area contributed by atoms with Crippen molar-refractivity contribution in [3.05, 3.63) is 5.82 Å². The van der Waals surface area contributed by atoms with Gasteiger partial charge in [0.2, 0.25) is 11.5 Å². The number of oxime groups is 1. The Labute approximate surface area is 88.7 Å². The Kier molecular flexibility index (Phi) is 3.59. The molecule has 0 bridgehead atoms. The molecule has 1 rings (SSSR count). The molecule has 3 N–H and O–H groups in total. The highest BCUT2D eigenvalue weighted by atomic mass is 32.1. The van der Waals surface area contributed by atoms with Crippen LogP contribution in [0.25, 0.3) is 0 Å². The molecule has 0 spiro atoms. The van der Waals surface area contributed by atoms with Gasteiger partial charge in [-0.05, 0) is 0 Å². The maximum atomic E-state index is 10.7. The zero-order chi connectivity index (χ0) is 11.3. The zero-order valence-electron chi connectivity index (χ0n) is 7.38. The van der Waals surface area contributed by atoms with E-state index in [0.29, 0.717) is 0 Å². The second-order valence-corrected chi connectivity index (χ2v) is 2.96. The molecule has 0 amide bonds. The molecule has 78 valence electrons. The van der Waals surface area contributed by atoms with Crippen molar-refractivity contribution >= 4 is 28.3 Å². The van der Waals surface area contributed by atoms with Crippen molar-refractivity contribution in [1.82, 2.24) is 9.36 Å². The normalized spacial score (nSPS) is 10.7. The van der Waals surface area contributed by atoms with E-state index >= 15 is 0 Å². The van der Waals surface area contributed by atoms with E-state index in [2.05, 4.69) is 25.3 Å². The van der Waals surface area contributed by atoms with Gasteiger partial charge in [-0.2, -0.15) is 9.36 Å². The maximum absolute atomic E-state index is 10.7. The number of aliphatic carboxylic acids is 1. The summed E-state index contributed by atoms with van der Waals surface area (Å²) in [5, 5.41) is 12.2. The minimum atomic E-state index is -1.31. The van der Waals surface area contributed by atoms with Gasteiger partial charge in [0.05, 0.1) is 0 Å². The number of nitrogen functional groups attached to an aromatic ring is 1. The first-order valence-electron chi connectivity index (χ1n) is 3.61. The summed E-state index contributed by atoms with van der Waals surface area (Å²) < 4.78 is 3.68. The van der Waals surface area contributed by atoms with Gasteiger partial charge >= 0.3 is 5.97 Å². The van der Waals surface area contributed by atoms with Crippen LogP contribution < -0.4 is 5.73 Å². The van der Waals surface area contributed by atoms with Crippen LogP contribution in [0.4, 0.5) is 5.13 Å². The summed E-state index contributed by atoms with van der Waals surface area (Å²) in [6.45, 7) is -0.129. The number of carboxylic acids is 1. The van der Waals surface area contributed by atoms with Gasteiger partial charge in [-0.1, -0.05) is 11.1 Å². The van der Waals surface area contributed by atoms with Gasteiger partial charge in [0.15, 0.2) is 11.7 Å². The quantitative estimate of drug-likeness (QED) is 0.311. The summed E-state index contributed by atoms with van der Waals surface area (Å²) in [4.78, 5) is 18.9. The number of nitrogens with two attached hydrogens (primary N) is 1. The van der Waals surface area contributed by atoms with E-state index in [9.17, 15) is 4.79 Å². The fourth-order valence-electron chi connectivity index (χ4n) is 0.641. The molecule has 1 aromatic heterocycles. The second-order valence-electron chi connectivity index (χ2n) is 2.18. The van der Waals surface area contributed by atoms with Gasteiger partial charge in [0, 0.05) is 11.5 Å². The second kappa shape index (κ2) is 4.92. The number of nitrogens with zero attached hydrogens (tertiary/aromatic N) is 3. The van der Waals surface area contributed by atoms with Gasteiger partial charge < -0.3 is 15.7 Å². The number of carbonyl (C=O) groups is 1. The molecular formula is C7H6N4O3S. The molecule has 0 aliphatic carbocycles. The monoisotopic (exact) mass is 226 g/mol. The Bertz CT molecular complexity index is 434. The number of anilines is 1. The van der Waals surface area contributed by atoms with E-state index in [1.165, 1.54) is 0 Å². The molecule has 1 aromatic rings. The third-order valence-electron chi connectivity index (χ3n) is 1.16. The molecular weight excluding hydrogens is 220 g/mol. The van der Waals surface area contributed by atoms with E-state index in [0.717, 1.165) is 11.5 Å². The van der Waals surface area contributed by atoms with Gasteiger partial charge in [-0.15, -0.1) is 6.42 Å². The van der Waals surface area contributed by atoms with Crippen LogP contribution >= 0.6 is 11.5 Å². The number of terminal acetylenes is 1. The fraction of sp³-hybridized carbons (Fsp3) is 0.143. The largest absolute Gasteiger partial charge is 0.476 e. The third kappa shape index (κ3) is 2.92. The lowest BCUT2D eigenvalue weighted by molar-refractivity contribution is -0.129. The molecule has 0 saturated carbocycles. The molecule has 8 heteroatoms. The molecule has 7 nitrogen and oxygen atoms in total. The van der Waals surface area contributed by atoms with Crippen molar-refractivity contribution in [2.75, 3.05) is 12.3 Å². The smallest absolute Gasteiger partial charge is 0.362 e. The lowest BCUT2D eigenvalue weighted by Crippen LogP contribution is -2.16. The summed E-state index contributed by atoms with van der Waals surface area (Å²) in [5.74, 6) is 0.723. The summed E-state index contributed by atoms with van der Waals surface area (Å²) in [7, 11) is 0. The van der Waals surface area contributed by atoms with E-state index in [1.807, 2.05) is 0 Å². The van der Waals surface area contributed by atoms with Crippen LogP contribution in [0, 0.1) is 12.3 Å². The molecule has 0 aliphatic rings. The maximum Gasteiger partial charge on any atom is 0.362 e. The Hall–Kier alpha value is -2.14. The van der Waals surface area contributed by atoms with Crippen LogP contribution in [0.1, 0.15) is 5.82 Å². The lowest BCUT2D eigenvalue weighted by Gasteiger charge is -1.95. The molecule has 0 aliphatic heterocycles. The van der Waals surface area contributed by atoms with Gasteiger partial charge in [-0.3, -0.25) is 0 Å². The van der Waals surface area contributed by atoms with E-state index < -0.39 is 11.7 Å². The van der Waals surface area contributed by atoms with Crippen molar-refractivity contribution in [3.63, 3.8) is 0 Å². The van der Waals surface area contributed by atoms with Crippen LogP contribution in [0.15, 0.2) is 5.16 Å². The number of hydrogen-bond acceptors (Lipinski definition) is 7. The Morgan fingerprint density at radius 3 is 3.00 bits per heavy atom. The third-order valence-corrected chi connectivity index (χ3v) is 1.70. The highest BCUT2D eigenvalue weighted by molar-refractivity contribution is 7.09. The molecule has 1 heterocycles. The minimum absolute atomic E-state index is 0.0954. The predicted molar refractivity (Wildman–Crippen MR) is 53.3 cm³/mol. The zero-order valence-corrected chi connectivity index (χ0v) is 8.19. The number of carboxylic acid groups (broad SMARTS) is 1. The van der Waals surface area contributed by atoms with E-state index in [1.54, 1.807) is 0 Å². The molecule has 0 unspecified atom stereocenters. The van der Waals surface area contributed by atoms with Crippen LogP contribution in [-0.4, -0.2) is 32.8 Å². The van der Waals surface area contributed by atoms with Crippen LogP contribution in [0.3, 0.4) is 0 Å². The van der Waals surface area contributed by atoms with E-state index in [4.69, 9.17) is 17.3 Å². The fourth-order valence-corrected chi connectivity index (χ4v) is 1.08. The van der Waals surface area contributed by atoms with Crippen molar-refractivity contribution in [3.8, 4) is 12.3 Å². The van der Waals surface area contributed by atoms with Crippen LogP contribution in [-0.2, 0) is 9.63 Å². The van der Waals surface area contributed by atoms with Gasteiger partial charge in [0.25, 0.3) is 0 Å². The van der Waals surface area contributed by atoms with E-state index in [-0.39, 0.29) is 17.6 Å². The highest BCUT2D eigenvalue weighted by Crippen LogP contribution is 2.07. The number of aromatic nitrogens is 2. The SMILES string of the molecule is C#CCO/N=C(\C(=O)O)c1nsc(N)n1. The van der Waals surface area contributed by atoms with Crippen LogP contribution in [0.2, 0.25) is 0 Å². The first-order valence-corrected chi connectivity index (χ1v) is 4.38. The highest BCUT2D eigenvalue weighted by Gasteiger charge is 2.18. The van der Waals surface area contributed by atoms with Crippen molar-refractivity contribution < 1.29 is 14.7 Å². The van der Waals surface area contributed by atoms with Gasteiger partial charge in [0.1, 0.15) is 0 Å². The molecule has 0 fully saturated rings. The summed E-state index contributed by atoms with van der Waals surface area (Å²) in [6, 6.07) is 0. The molecule has 0 radical (unpaired) electrons. The predicted octanol–water partition coefficient (Wildman–Crippen LogP) is -0.441. The number of rotatable bonds is 4. The standard InChI is InChI=1S/C7H6N4O3S/c1-2-3-14-10-4(6(12)13)5-9-7(8)15-11-5/h1H,3H2,(H,12,13)(H2,8,9,11)/b10-4-. The summed E-state index contributed by atoms with van der Waals surface area (Å²) in [5.41, 5.74) is 4.86. The van der Waals surface area contributed by atoms with Crippen molar-refractivity contribution in [2.24, 2.45) is 5.16 Å². The Morgan fingerprint density at radius 1 is 1.80 bits per heavy atom. The van der Waals surface area contributed by atoms with Crippen LogP contribution in [0.5, 0.6) is 0 Å². The first kappa shape index (κ1) is 10.9.